The summed E-state index contributed by atoms with van der Waals surface area (Å²) in [5.41, 5.74) is 4.98. The average molecular weight is 379 g/mol. The predicted octanol–water partition coefficient (Wildman–Crippen LogP) is 2.28. The van der Waals surface area contributed by atoms with Crippen LogP contribution in [0.25, 0.3) is 11.0 Å². The molecule has 0 bridgehead atoms. The Bertz CT molecular complexity index is 1140. The average Bonchev–Trinajstić information content (AvgIpc) is 3.34. The van der Waals surface area contributed by atoms with Gasteiger partial charge in [0.1, 0.15) is 11.3 Å². The zero-order valence-corrected chi connectivity index (χ0v) is 15.7. The lowest BCUT2D eigenvalue weighted by Gasteiger charge is -2.26. The zero-order valence-electron chi connectivity index (χ0n) is 15.7. The van der Waals surface area contributed by atoms with Gasteiger partial charge in [0.25, 0.3) is 5.91 Å². The van der Waals surface area contributed by atoms with Crippen LogP contribution in [0.3, 0.4) is 0 Å². The van der Waals surface area contributed by atoms with Crippen LogP contribution >= 0.6 is 0 Å². The number of nitrogens with one attached hydrogen (secondary N) is 1. The molecule has 2 aliphatic rings. The Morgan fingerprint density at radius 3 is 3.04 bits per heavy atom. The first kappa shape index (κ1) is 17.0. The molecule has 0 radical (unpaired) electrons. The van der Waals surface area contributed by atoms with E-state index in [1.165, 1.54) is 0 Å². The van der Waals surface area contributed by atoms with E-state index in [1.807, 2.05) is 19.1 Å². The van der Waals surface area contributed by atoms with E-state index in [0.29, 0.717) is 24.4 Å². The fourth-order valence-electron chi connectivity index (χ4n) is 4.28. The second kappa shape index (κ2) is 6.51. The van der Waals surface area contributed by atoms with E-state index in [2.05, 4.69) is 9.97 Å². The van der Waals surface area contributed by atoms with Crippen molar-refractivity contribution in [2.24, 2.45) is 0 Å². The maximum atomic E-state index is 12.7. The zero-order chi connectivity index (χ0) is 19.3. The molecule has 3 heterocycles. The number of aromatic amines is 1. The van der Waals surface area contributed by atoms with Crippen LogP contribution in [0.15, 0.2) is 27.7 Å². The lowest BCUT2D eigenvalue weighted by Crippen LogP contribution is -2.38. The van der Waals surface area contributed by atoms with Gasteiger partial charge in [-0.3, -0.25) is 4.79 Å². The quantitative estimate of drug-likeness (QED) is 0.706. The highest BCUT2D eigenvalue weighted by Crippen LogP contribution is 2.35. The molecule has 1 aliphatic carbocycles. The van der Waals surface area contributed by atoms with Crippen molar-refractivity contribution in [3.05, 3.63) is 57.0 Å². The third kappa shape index (κ3) is 2.78. The van der Waals surface area contributed by atoms with E-state index in [1.54, 1.807) is 11.2 Å². The van der Waals surface area contributed by atoms with Crippen LogP contribution in [0.2, 0.25) is 0 Å². The molecule has 0 saturated carbocycles. The van der Waals surface area contributed by atoms with Crippen LogP contribution in [0, 0.1) is 6.92 Å². The minimum atomic E-state index is -0.253. The van der Waals surface area contributed by atoms with Gasteiger partial charge in [-0.25, -0.2) is 9.78 Å². The van der Waals surface area contributed by atoms with E-state index in [4.69, 9.17) is 9.15 Å². The third-order valence-electron chi connectivity index (χ3n) is 5.66. The van der Waals surface area contributed by atoms with E-state index < -0.39 is 0 Å². The van der Waals surface area contributed by atoms with Crippen LogP contribution in [0.1, 0.15) is 34.5 Å². The number of aromatic nitrogens is 2. The van der Waals surface area contributed by atoms with E-state index >= 15 is 0 Å². The monoisotopic (exact) mass is 379 g/mol. The molecule has 1 aromatic carbocycles. The van der Waals surface area contributed by atoms with Gasteiger partial charge in [-0.1, -0.05) is 0 Å². The lowest BCUT2D eigenvalue weighted by molar-refractivity contribution is -0.134. The summed E-state index contributed by atoms with van der Waals surface area (Å²) in [6.45, 7) is 3.04. The number of imidazole rings is 1. The van der Waals surface area contributed by atoms with E-state index in [9.17, 15) is 9.59 Å². The van der Waals surface area contributed by atoms with Crippen molar-refractivity contribution in [2.75, 3.05) is 13.2 Å². The van der Waals surface area contributed by atoms with E-state index in [0.717, 1.165) is 59.1 Å². The molecule has 2 aromatic heterocycles. The molecule has 0 fully saturated rings. The molecular formula is C21H21N3O4. The Labute approximate surface area is 161 Å². The Hall–Kier alpha value is -3.09. The fourth-order valence-corrected chi connectivity index (χ4v) is 4.28. The molecular weight excluding hydrogens is 358 g/mol. The molecule has 0 atom stereocenters. The van der Waals surface area contributed by atoms with Gasteiger partial charge in [0, 0.05) is 18.5 Å². The molecule has 1 amide bonds. The first-order chi connectivity index (χ1) is 13.6. The van der Waals surface area contributed by atoms with Crippen molar-refractivity contribution in [1.82, 2.24) is 14.9 Å². The molecule has 0 spiro atoms. The summed E-state index contributed by atoms with van der Waals surface area (Å²) in [5.74, 6) is 0.549. The number of carbonyl (C=O) groups is 1. The number of nitrogens with zero attached hydrogens (tertiary/aromatic N) is 2. The van der Waals surface area contributed by atoms with Gasteiger partial charge in [0.05, 0.1) is 29.6 Å². The Morgan fingerprint density at radius 2 is 2.14 bits per heavy atom. The molecule has 0 saturated heterocycles. The number of amides is 1. The number of carbonyl (C=O) groups excluding carboxylic acids is 1. The molecule has 3 aromatic rings. The van der Waals surface area contributed by atoms with Gasteiger partial charge >= 0.3 is 5.63 Å². The predicted molar refractivity (Wildman–Crippen MR) is 102 cm³/mol. The van der Waals surface area contributed by atoms with Crippen molar-refractivity contribution in [3.8, 4) is 5.75 Å². The van der Waals surface area contributed by atoms with Crippen LogP contribution in [-0.4, -0.2) is 33.9 Å². The van der Waals surface area contributed by atoms with Crippen molar-refractivity contribution < 1.29 is 13.9 Å². The highest BCUT2D eigenvalue weighted by Gasteiger charge is 2.25. The largest absolute Gasteiger partial charge is 0.483 e. The summed E-state index contributed by atoms with van der Waals surface area (Å²) in [5, 5.41) is 0.833. The van der Waals surface area contributed by atoms with Gasteiger partial charge in [-0.15, -0.1) is 0 Å². The second-order valence-electron chi connectivity index (χ2n) is 7.52. The van der Waals surface area contributed by atoms with Crippen molar-refractivity contribution in [1.29, 1.82) is 0 Å². The highest BCUT2D eigenvalue weighted by atomic mass is 16.5. The summed E-state index contributed by atoms with van der Waals surface area (Å²) in [7, 11) is 0. The van der Waals surface area contributed by atoms with E-state index in [-0.39, 0.29) is 18.1 Å². The molecule has 7 heteroatoms. The number of benzene rings is 1. The fraction of sp³-hybridized carbons (Fsp3) is 0.381. The minimum Gasteiger partial charge on any atom is -0.483 e. The molecule has 5 rings (SSSR count). The molecule has 1 N–H and O–H groups in total. The van der Waals surface area contributed by atoms with Gasteiger partial charge in [-0.2, -0.15) is 0 Å². The number of hydrogen-bond donors (Lipinski definition) is 1. The molecule has 0 unspecified atom stereocenters. The van der Waals surface area contributed by atoms with Crippen molar-refractivity contribution in [2.45, 2.75) is 39.2 Å². The number of aryl methyl sites for hydroxylation is 2. The first-order valence-corrected chi connectivity index (χ1v) is 9.61. The number of ether oxygens (including phenoxy) is 1. The Morgan fingerprint density at radius 1 is 1.29 bits per heavy atom. The molecule has 7 nitrogen and oxygen atoms in total. The molecule has 28 heavy (non-hydrogen) atoms. The number of rotatable bonds is 3. The minimum absolute atomic E-state index is 0.0457. The number of H-pyrrole nitrogens is 1. The van der Waals surface area contributed by atoms with Crippen LogP contribution in [0.4, 0.5) is 0 Å². The third-order valence-corrected chi connectivity index (χ3v) is 5.66. The highest BCUT2D eigenvalue weighted by molar-refractivity contribution is 5.89. The number of hydrogen-bond acceptors (Lipinski definition) is 5. The smallest absolute Gasteiger partial charge is 0.339 e. The van der Waals surface area contributed by atoms with Crippen LogP contribution in [-0.2, 0) is 30.6 Å². The normalized spacial score (nSPS) is 15.5. The van der Waals surface area contributed by atoms with Gasteiger partial charge in [0.2, 0.25) is 0 Å². The standard InChI is InChI=1S/C21H21N3O4/c1-12-7-17(20-13-3-2-4-14(13)21(26)28-18(20)8-12)27-10-19(25)24-6-5-15-16(9-24)23-11-22-15/h7-8,11H,2-6,9-10H2,1H3,(H,22,23). The SMILES string of the molecule is Cc1cc(OCC(=O)N2CCc3nc[nH]c3C2)c2c3c(c(=O)oc2c1)CCC3. The maximum absolute atomic E-state index is 12.7. The topological polar surface area (TPSA) is 88.4 Å². The number of fused-ring (bicyclic) bond motifs is 4. The summed E-state index contributed by atoms with van der Waals surface area (Å²) in [6, 6.07) is 3.77. The lowest BCUT2D eigenvalue weighted by atomic mass is 10.0. The maximum Gasteiger partial charge on any atom is 0.339 e. The van der Waals surface area contributed by atoms with Gasteiger partial charge < -0.3 is 19.0 Å². The molecule has 144 valence electrons. The summed E-state index contributed by atoms with van der Waals surface area (Å²) < 4.78 is 11.5. The van der Waals surface area contributed by atoms with Crippen molar-refractivity contribution >= 4 is 16.9 Å². The first-order valence-electron chi connectivity index (χ1n) is 9.61. The van der Waals surface area contributed by atoms with Gasteiger partial charge in [-0.05, 0) is 49.4 Å². The Kier molecular flexibility index (Phi) is 3.96. The Balaban J connectivity index is 1.42. The van der Waals surface area contributed by atoms with Crippen LogP contribution < -0.4 is 10.4 Å². The summed E-state index contributed by atoms with van der Waals surface area (Å²) >= 11 is 0. The second-order valence-corrected chi connectivity index (χ2v) is 7.52. The molecule has 1 aliphatic heterocycles. The summed E-state index contributed by atoms with van der Waals surface area (Å²) in [6.07, 6.45) is 4.92. The van der Waals surface area contributed by atoms with Crippen LogP contribution in [0.5, 0.6) is 5.75 Å². The van der Waals surface area contributed by atoms with Gasteiger partial charge in [0.15, 0.2) is 6.61 Å². The van der Waals surface area contributed by atoms with Crippen molar-refractivity contribution in [3.63, 3.8) is 0 Å². The summed E-state index contributed by atoms with van der Waals surface area (Å²) in [4.78, 5) is 34.1.